The van der Waals surface area contributed by atoms with Crippen molar-refractivity contribution in [3.05, 3.63) is 40.8 Å². The van der Waals surface area contributed by atoms with Gasteiger partial charge in [0, 0.05) is 34.6 Å². The van der Waals surface area contributed by atoms with Crippen molar-refractivity contribution >= 4 is 17.4 Å². The third-order valence-corrected chi connectivity index (χ3v) is 3.29. The number of rotatable bonds is 1. The lowest BCUT2D eigenvalue weighted by molar-refractivity contribution is 0.570. The van der Waals surface area contributed by atoms with Gasteiger partial charge in [-0.25, -0.2) is 4.98 Å². The highest BCUT2D eigenvalue weighted by atomic mass is 35.5. The number of nitrogens with two attached hydrogens (primary N) is 1. The summed E-state index contributed by atoms with van der Waals surface area (Å²) in [6.07, 6.45) is 3.18. The Morgan fingerprint density at radius 2 is 2.00 bits per heavy atom. The summed E-state index contributed by atoms with van der Waals surface area (Å²) >= 11 is 6.17. The molecule has 0 amide bonds. The van der Waals surface area contributed by atoms with Gasteiger partial charge in [0.05, 0.1) is 5.02 Å². The van der Waals surface area contributed by atoms with Crippen LogP contribution in [0.5, 0.6) is 0 Å². The Bertz CT molecular complexity index is 696. The van der Waals surface area contributed by atoms with Crippen LogP contribution in [-0.2, 0) is 5.41 Å². The molecule has 0 bridgehead atoms. The maximum absolute atomic E-state index is 9.32. The molecule has 0 aliphatic heterocycles. The van der Waals surface area contributed by atoms with E-state index in [2.05, 4.69) is 16.0 Å². The second-order valence-electron chi connectivity index (χ2n) is 5.53. The van der Waals surface area contributed by atoms with Gasteiger partial charge in [0.2, 0.25) is 0 Å². The summed E-state index contributed by atoms with van der Waals surface area (Å²) in [7, 11) is 0. The van der Waals surface area contributed by atoms with Crippen LogP contribution in [0.1, 0.15) is 32.0 Å². The van der Waals surface area contributed by atoms with Crippen LogP contribution in [0.3, 0.4) is 0 Å². The van der Waals surface area contributed by atoms with E-state index in [1.165, 1.54) is 0 Å². The maximum Gasteiger partial charge on any atom is 0.142 e. The van der Waals surface area contributed by atoms with Crippen molar-refractivity contribution in [2.75, 3.05) is 5.73 Å². The molecule has 0 aromatic carbocycles. The van der Waals surface area contributed by atoms with Crippen LogP contribution >= 0.6 is 11.6 Å². The number of halogens is 1. The summed E-state index contributed by atoms with van der Waals surface area (Å²) in [5, 5.41) is 9.80. The van der Waals surface area contributed by atoms with Gasteiger partial charge in [-0.1, -0.05) is 32.4 Å². The fourth-order valence-electron chi connectivity index (χ4n) is 1.87. The molecule has 20 heavy (non-hydrogen) atoms. The van der Waals surface area contributed by atoms with Gasteiger partial charge in [0.25, 0.3) is 0 Å². The minimum Gasteiger partial charge on any atom is -0.383 e. The van der Waals surface area contributed by atoms with Gasteiger partial charge in [0.15, 0.2) is 0 Å². The Morgan fingerprint density at radius 3 is 2.55 bits per heavy atom. The lowest BCUT2D eigenvalue weighted by atomic mass is 9.88. The summed E-state index contributed by atoms with van der Waals surface area (Å²) in [6, 6.07) is 5.74. The molecule has 2 N–H and O–H groups in total. The third kappa shape index (κ3) is 2.59. The van der Waals surface area contributed by atoms with E-state index in [0.29, 0.717) is 16.1 Å². The molecule has 0 saturated carbocycles. The zero-order valence-electron chi connectivity index (χ0n) is 11.6. The molecule has 0 atom stereocenters. The summed E-state index contributed by atoms with van der Waals surface area (Å²) < 4.78 is 0. The van der Waals surface area contributed by atoms with Crippen LogP contribution in [0.4, 0.5) is 5.82 Å². The molecule has 0 aliphatic rings. The number of nitriles is 1. The number of nitrogens with zero attached hydrogens (tertiary/aromatic N) is 3. The molecule has 0 saturated heterocycles. The fraction of sp³-hybridized carbons (Fsp3) is 0.267. The molecule has 0 spiro atoms. The van der Waals surface area contributed by atoms with Gasteiger partial charge in [-0.2, -0.15) is 5.26 Å². The van der Waals surface area contributed by atoms with Gasteiger partial charge < -0.3 is 5.73 Å². The monoisotopic (exact) mass is 286 g/mol. The highest BCUT2D eigenvalue weighted by Crippen LogP contribution is 2.34. The Hall–Kier alpha value is -2.12. The second-order valence-corrected chi connectivity index (χ2v) is 5.94. The zero-order valence-corrected chi connectivity index (χ0v) is 12.4. The predicted octanol–water partition coefficient (Wildman–Crippen LogP) is 3.55. The first-order valence-electron chi connectivity index (χ1n) is 6.15. The Labute approximate surface area is 123 Å². The van der Waals surface area contributed by atoms with Gasteiger partial charge >= 0.3 is 0 Å². The van der Waals surface area contributed by atoms with Crippen LogP contribution in [0, 0.1) is 11.3 Å². The van der Waals surface area contributed by atoms with Crippen molar-refractivity contribution in [2.24, 2.45) is 0 Å². The van der Waals surface area contributed by atoms with Gasteiger partial charge in [-0.3, -0.25) is 4.98 Å². The van der Waals surface area contributed by atoms with Crippen LogP contribution in [0.25, 0.3) is 11.1 Å². The topological polar surface area (TPSA) is 75.6 Å². The molecule has 4 nitrogen and oxygen atoms in total. The predicted molar refractivity (Wildman–Crippen MR) is 80.3 cm³/mol. The van der Waals surface area contributed by atoms with Crippen LogP contribution in [-0.4, -0.2) is 9.97 Å². The number of hydrogen-bond acceptors (Lipinski definition) is 4. The van der Waals surface area contributed by atoms with Crippen LogP contribution in [0.2, 0.25) is 5.02 Å². The molecular weight excluding hydrogens is 272 g/mol. The number of pyridine rings is 2. The third-order valence-electron chi connectivity index (χ3n) is 2.99. The highest BCUT2D eigenvalue weighted by molar-refractivity contribution is 6.33. The minimum absolute atomic E-state index is 0.170. The van der Waals surface area contributed by atoms with E-state index in [4.69, 9.17) is 17.3 Å². The molecule has 0 radical (unpaired) electrons. The Kier molecular flexibility index (Phi) is 3.65. The van der Waals surface area contributed by atoms with Crippen molar-refractivity contribution in [1.29, 1.82) is 5.26 Å². The summed E-state index contributed by atoms with van der Waals surface area (Å²) in [4.78, 5) is 8.29. The molecule has 5 heteroatoms. The standard InChI is InChI=1S/C15H15ClN4/c1-15(2,3)13-6-10(11(7-17)14(18)20-13)9-4-5-19-8-12(9)16/h4-6,8H,1-3H3,(H2,18,20). The van der Waals surface area contributed by atoms with E-state index in [-0.39, 0.29) is 11.2 Å². The molecule has 2 rings (SSSR count). The largest absolute Gasteiger partial charge is 0.383 e. The zero-order chi connectivity index (χ0) is 14.9. The van der Waals surface area contributed by atoms with E-state index < -0.39 is 0 Å². The summed E-state index contributed by atoms with van der Waals surface area (Å²) in [5.41, 5.74) is 8.34. The first kappa shape index (κ1) is 14.3. The van der Waals surface area contributed by atoms with Crippen molar-refractivity contribution in [1.82, 2.24) is 9.97 Å². The SMILES string of the molecule is CC(C)(C)c1cc(-c2ccncc2Cl)c(C#N)c(N)n1. The van der Waals surface area contributed by atoms with E-state index in [1.54, 1.807) is 18.5 Å². The van der Waals surface area contributed by atoms with E-state index in [1.807, 2.05) is 26.8 Å². The number of hydrogen-bond donors (Lipinski definition) is 1. The van der Waals surface area contributed by atoms with E-state index in [0.717, 1.165) is 11.3 Å². The fourth-order valence-corrected chi connectivity index (χ4v) is 2.09. The Balaban J connectivity index is 2.78. The molecular formula is C15H15ClN4. The smallest absolute Gasteiger partial charge is 0.142 e. The lowest BCUT2D eigenvalue weighted by Gasteiger charge is -2.20. The molecule has 2 aromatic heterocycles. The minimum atomic E-state index is -0.170. The summed E-state index contributed by atoms with van der Waals surface area (Å²) in [6.45, 7) is 6.12. The molecule has 0 aliphatic carbocycles. The van der Waals surface area contributed by atoms with E-state index >= 15 is 0 Å². The van der Waals surface area contributed by atoms with Gasteiger partial charge in [0.1, 0.15) is 17.5 Å². The normalized spacial score (nSPS) is 11.2. The van der Waals surface area contributed by atoms with Gasteiger partial charge in [-0.05, 0) is 12.1 Å². The molecule has 102 valence electrons. The average molecular weight is 287 g/mol. The average Bonchev–Trinajstić information content (AvgIpc) is 2.37. The van der Waals surface area contributed by atoms with Crippen LogP contribution in [0.15, 0.2) is 24.5 Å². The highest BCUT2D eigenvalue weighted by Gasteiger charge is 2.21. The molecule has 2 heterocycles. The van der Waals surface area contributed by atoms with E-state index in [9.17, 15) is 5.26 Å². The number of anilines is 1. The lowest BCUT2D eigenvalue weighted by Crippen LogP contribution is -2.15. The quantitative estimate of drug-likeness (QED) is 0.870. The molecule has 2 aromatic rings. The Morgan fingerprint density at radius 1 is 1.30 bits per heavy atom. The van der Waals surface area contributed by atoms with Gasteiger partial charge in [-0.15, -0.1) is 0 Å². The summed E-state index contributed by atoms with van der Waals surface area (Å²) in [5.74, 6) is 0.225. The number of nitrogen functional groups attached to an aromatic ring is 1. The first-order valence-corrected chi connectivity index (χ1v) is 6.53. The first-order chi connectivity index (χ1) is 9.34. The van der Waals surface area contributed by atoms with Crippen molar-refractivity contribution < 1.29 is 0 Å². The van der Waals surface area contributed by atoms with Crippen LogP contribution < -0.4 is 5.73 Å². The van der Waals surface area contributed by atoms with Crippen molar-refractivity contribution in [3.63, 3.8) is 0 Å². The second kappa shape index (κ2) is 5.10. The molecule has 0 unspecified atom stereocenters. The number of aromatic nitrogens is 2. The van der Waals surface area contributed by atoms with Crippen molar-refractivity contribution in [2.45, 2.75) is 26.2 Å². The maximum atomic E-state index is 9.32. The van der Waals surface area contributed by atoms with Crippen molar-refractivity contribution in [3.8, 4) is 17.2 Å². The molecule has 0 fully saturated rings.